The van der Waals surface area contributed by atoms with Crippen molar-refractivity contribution >= 4 is 11.8 Å². The van der Waals surface area contributed by atoms with Crippen molar-refractivity contribution in [2.75, 3.05) is 26.2 Å². The molecule has 5 nitrogen and oxygen atoms in total. The van der Waals surface area contributed by atoms with Gasteiger partial charge in [-0.15, -0.1) is 0 Å². The first-order valence-corrected chi connectivity index (χ1v) is 7.87. The zero-order chi connectivity index (χ0) is 14.6. The topological polar surface area (TPSA) is 61.4 Å². The van der Waals surface area contributed by atoms with Gasteiger partial charge >= 0.3 is 0 Å². The van der Waals surface area contributed by atoms with Gasteiger partial charge in [-0.05, 0) is 45.7 Å². The number of hydrogen-bond donors (Lipinski definition) is 2. The lowest BCUT2D eigenvalue weighted by atomic mass is 9.75. The molecular weight excluding hydrogens is 254 g/mol. The van der Waals surface area contributed by atoms with E-state index in [4.69, 9.17) is 0 Å². The monoisotopic (exact) mass is 281 g/mol. The van der Waals surface area contributed by atoms with Gasteiger partial charge in [-0.25, -0.2) is 0 Å². The van der Waals surface area contributed by atoms with Gasteiger partial charge in [0.25, 0.3) is 0 Å². The van der Waals surface area contributed by atoms with Gasteiger partial charge in [0.05, 0.1) is 5.41 Å². The van der Waals surface area contributed by atoms with Gasteiger partial charge in [0.15, 0.2) is 0 Å². The average molecular weight is 281 g/mol. The van der Waals surface area contributed by atoms with Crippen molar-refractivity contribution in [2.45, 2.75) is 52.0 Å². The van der Waals surface area contributed by atoms with Crippen LogP contribution in [-0.2, 0) is 9.59 Å². The Morgan fingerprint density at radius 1 is 1.45 bits per heavy atom. The molecule has 0 spiro atoms. The predicted octanol–water partition coefficient (Wildman–Crippen LogP) is 0.893. The van der Waals surface area contributed by atoms with Crippen LogP contribution in [0.5, 0.6) is 0 Å². The van der Waals surface area contributed by atoms with E-state index in [1.807, 2.05) is 11.8 Å². The Balaban J connectivity index is 1.87. The molecular formula is C15H27N3O2. The summed E-state index contributed by atoms with van der Waals surface area (Å²) in [5, 5.41) is 6.44. The average Bonchev–Trinajstić information content (AvgIpc) is 2.84. The molecule has 0 aromatic carbocycles. The standard InChI is InChI=1S/C15H27N3O2/c1-3-15(6-8-16-9-7-15)14(20)17-12(2)11-18-10-4-5-13(18)19/h12,16H,3-11H2,1-2H3,(H,17,20). The summed E-state index contributed by atoms with van der Waals surface area (Å²) in [6.45, 7) is 7.40. The number of piperidine rings is 1. The Morgan fingerprint density at radius 2 is 2.15 bits per heavy atom. The molecule has 5 heteroatoms. The van der Waals surface area contributed by atoms with Crippen LogP contribution in [0.1, 0.15) is 46.0 Å². The van der Waals surface area contributed by atoms with E-state index >= 15 is 0 Å². The highest BCUT2D eigenvalue weighted by molar-refractivity contribution is 5.83. The largest absolute Gasteiger partial charge is 0.351 e. The first-order valence-electron chi connectivity index (χ1n) is 7.87. The van der Waals surface area contributed by atoms with Gasteiger partial charge in [0.1, 0.15) is 0 Å². The first-order chi connectivity index (χ1) is 9.57. The third-order valence-electron chi connectivity index (χ3n) is 4.76. The summed E-state index contributed by atoms with van der Waals surface area (Å²) in [6, 6.07) is 0.0304. The lowest BCUT2D eigenvalue weighted by Gasteiger charge is -2.36. The fourth-order valence-corrected chi connectivity index (χ4v) is 3.30. The predicted molar refractivity (Wildman–Crippen MR) is 78.2 cm³/mol. The summed E-state index contributed by atoms with van der Waals surface area (Å²) in [6.07, 6.45) is 4.31. The minimum absolute atomic E-state index is 0.0304. The van der Waals surface area contributed by atoms with Gasteiger partial charge in [-0.2, -0.15) is 0 Å². The van der Waals surface area contributed by atoms with Crippen LogP contribution in [0.25, 0.3) is 0 Å². The number of amides is 2. The molecule has 0 bridgehead atoms. The molecule has 20 heavy (non-hydrogen) atoms. The Hall–Kier alpha value is -1.10. The maximum absolute atomic E-state index is 12.6. The zero-order valence-electron chi connectivity index (χ0n) is 12.7. The zero-order valence-corrected chi connectivity index (χ0v) is 12.7. The molecule has 114 valence electrons. The highest BCUT2D eigenvalue weighted by Gasteiger charge is 2.38. The van der Waals surface area contributed by atoms with E-state index in [0.29, 0.717) is 13.0 Å². The third-order valence-corrected chi connectivity index (χ3v) is 4.76. The van der Waals surface area contributed by atoms with Crippen LogP contribution in [0.15, 0.2) is 0 Å². The summed E-state index contributed by atoms with van der Waals surface area (Å²) in [7, 11) is 0. The molecule has 0 aromatic heterocycles. The van der Waals surface area contributed by atoms with E-state index in [1.165, 1.54) is 0 Å². The Morgan fingerprint density at radius 3 is 2.70 bits per heavy atom. The normalized spacial score (nSPS) is 23.7. The highest BCUT2D eigenvalue weighted by Crippen LogP contribution is 2.32. The SMILES string of the molecule is CCC1(C(=O)NC(C)CN2CCCC2=O)CCNCC1. The number of carbonyl (C=O) groups excluding carboxylic acids is 2. The third kappa shape index (κ3) is 3.32. The second-order valence-corrected chi connectivity index (χ2v) is 6.20. The number of rotatable bonds is 5. The number of nitrogens with zero attached hydrogens (tertiary/aromatic N) is 1. The Labute approximate surface area is 121 Å². The minimum atomic E-state index is -0.214. The molecule has 0 radical (unpaired) electrons. The van der Waals surface area contributed by atoms with Crippen molar-refractivity contribution in [3.63, 3.8) is 0 Å². The fraction of sp³-hybridized carbons (Fsp3) is 0.867. The number of hydrogen-bond acceptors (Lipinski definition) is 3. The van der Waals surface area contributed by atoms with Gasteiger partial charge in [-0.1, -0.05) is 6.92 Å². The van der Waals surface area contributed by atoms with E-state index in [1.54, 1.807) is 0 Å². The number of nitrogens with one attached hydrogen (secondary N) is 2. The molecule has 2 aliphatic rings. The van der Waals surface area contributed by atoms with E-state index in [9.17, 15) is 9.59 Å². The minimum Gasteiger partial charge on any atom is -0.351 e. The van der Waals surface area contributed by atoms with E-state index in [0.717, 1.165) is 45.3 Å². The van der Waals surface area contributed by atoms with Crippen LogP contribution >= 0.6 is 0 Å². The maximum atomic E-state index is 12.6. The molecule has 2 N–H and O–H groups in total. The van der Waals surface area contributed by atoms with Crippen molar-refractivity contribution in [2.24, 2.45) is 5.41 Å². The number of likely N-dealkylation sites (tertiary alicyclic amines) is 1. The smallest absolute Gasteiger partial charge is 0.226 e. The first kappa shape index (κ1) is 15.3. The summed E-state index contributed by atoms with van der Waals surface area (Å²) < 4.78 is 0. The lowest BCUT2D eigenvalue weighted by Crippen LogP contribution is -2.51. The fourth-order valence-electron chi connectivity index (χ4n) is 3.30. The summed E-state index contributed by atoms with van der Waals surface area (Å²) in [4.78, 5) is 26.1. The molecule has 2 aliphatic heterocycles. The van der Waals surface area contributed by atoms with Crippen molar-refractivity contribution in [3.8, 4) is 0 Å². The quantitative estimate of drug-likeness (QED) is 0.787. The molecule has 1 atom stereocenters. The van der Waals surface area contributed by atoms with Crippen molar-refractivity contribution in [3.05, 3.63) is 0 Å². The summed E-state index contributed by atoms with van der Waals surface area (Å²) in [5.41, 5.74) is -0.214. The molecule has 0 aliphatic carbocycles. The van der Waals surface area contributed by atoms with Gasteiger partial charge in [0.2, 0.25) is 11.8 Å². The second kappa shape index (κ2) is 6.57. The van der Waals surface area contributed by atoms with Crippen molar-refractivity contribution < 1.29 is 9.59 Å². The molecule has 2 saturated heterocycles. The Bertz CT molecular complexity index is 364. The van der Waals surface area contributed by atoms with Crippen LogP contribution in [-0.4, -0.2) is 48.9 Å². The molecule has 0 aromatic rings. The molecule has 0 saturated carbocycles. The summed E-state index contributed by atoms with van der Waals surface area (Å²) in [5.74, 6) is 0.388. The highest BCUT2D eigenvalue weighted by atomic mass is 16.2. The van der Waals surface area contributed by atoms with Crippen molar-refractivity contribution in [1.29, 1.82) is 0 Å². The second-order valence-electron chi connectivity index (χ2n) is 6.20. The lowest BCUT2D eigenvalue weighted by molar-refractivity contribution is -0.134. The summed E-state index contributed by atoms with van der Waals surface area (Å²) >= 11 is 0. The van der Waals surface area contributed by atoms with Gasteiger partial charge in [0, 0.05) is 25.6 Å². The van der Waals surface area contributed by atoms with Crippen LogP contribution in [0, 0.1) is 5.41 Å². The van der Waals surface area contributed by atoms with E-state index in [2.05, 4.69) is 17.6 Å². The van der Waals surface area contributed by atoms with Crippen LogP contribution in [0.4, 0.5) is 0 Å². The van der Waals surface area contributed by atoms with Crippen LogP contribution in [0.3, 0.4) is 0 Å². The van der Waals surface area contributed by atoms with E-state index in [-0.39, 0.29) is 23.3 Å². The van der Waals surface area contributed by atoms with Crippen molar-refractivity contribution in [1.82, 2.24) is 15.5 Å². The maximum Gasteiger partial charge on any atom is 0.226 e. The molecule has 2 fully saturated rings. The molecule has 2 amide bonds. The van der Waals surface area contributed by atoms with Crippen LogP contribution < -0.4 is 10.6 Å². The van der Waals surface area contributed by atoms with Crippen LogP contribution in [0.2, 0.25) is 0 Å². The Kier molecular flexibility index (Phi) is 5.02. The number of carbonyl (C=O) groups is 2. The molecule has 1 unspecified atom stereocenters. The van der Waals surface area contributed by atoms with Gasteiger partial charge < -0.3 is 15.5 Å². The van der Waals surface area contributed by atoms with E-state index < -0.39 is 0 Å². The van der Waals surface area contributed by atoms with Gasteiger partial charge in [-0.3, -0.25) is 9.59 Å². The molecule has 2 rings (SSSR count). The molecule has 2 heterocycles.